The van der Waals surface area contributed by atoms with Gasteiger partial charge >= 0.3 is 18.2 Å². The quantitative estimate of drug-likeness (QED) is 0.0471. The number of hydrogen-bond acceptors (Lipinski definition) is 10. The Morgan fingerprint density at radius 2 is 1.36 bits per heavy atom. The molecule has 0 bridgehead atoms. The highest BCUT2D eigenvalue weighted by Crippen LogP contribution is 2.18. The summed E-state index contributed by atoms with van der Waals surface area (Å²) < 4.78 is 56.3. The number of esters is 1. The van der Waals surface area contributed by atoms with Crippen LogP contribution in [-0.4, -0.2) is 86.2 Å². The Balaban J connectivity index is 2.23. The summed E-state index contributed by atoms with van der Waals surface area (Å²) in [7, 11) is 1.56. The maximum Gasteiger partial charge on any atom is 0.408 e. The molecule has 2 rings (SSSR count). The van der Waals surface area contributed by atoms with Crippen LogP contribution in [0.1, 0.15) is 118 Å². The number of rotatable bonds is 24. The van der Waals surface area contributed by atoms with E-state index in [0.717, 1.165) is 49.4 Å². The van der Waals surface area contributed by atoms with Crippen molar-refractivity contribution in [2.45, 2.75) is 150 Å². The van der Waals surface area contributed by atoms with Crippen LogP contribution in [0.4, 0.5) is 18.4 Å². The van der Waals surface area contributed by atoms with Gasteiger partial charge in [-0.2, -0.15) is 0 Å². The minimum atomic E-state index is -1.53. The third kappa shape index (κ3) is 22.4. The fraction of sp³-hybridized carbons (Fsp3) is 0.622. The molecule has 61 heavy (non-hydrogen) atoms. The molecule has 0 aliphatic carbocycles. The number of halogens is 2. The number of carbonyl (C=O) groups is 5. The van der Waals surface area contributed by atoms with E-state index in [9.17, 15) is 32.8 Å². The van der Waals surface area contributed by atoms with Crippen LogP contribution >= 0.6 is 0 Å². The van der Waals surface area contributed by atoms with Crippen LogP contribution in [0, 0.1) is 17.0 Å². The molecule has 2 aromatic carbocycles. The molecule has 342 valence electrons. The average molecular weight is 863 g/mol. The van der Waals surface area contributed by atoms with Crippen LogP contribution in [0.25, 0.3) is 0 Å². The first kappa shape index (κ1) is 52.1. The van der Waals surface area contributed by atoms with E-state index < -0.39 is 76.4 Å². The lowest BCUT2D eigenvalue weighted by molar-refractivity contribution is -0.159. The van der Waals surface area contributed by atoms with E-state index in [1.165, 1.54) is 0 Å². The van der Waals surface area contributed by atoms with Crippen molar-refractivity contribution < 1.29 is 56.4 Å². The Labute approximate surface area is 359 Å². The summed E-state index contributed by atoms with van der Waals surface area (Å²) in [6, 6.07) is 7.96. The van der Waals surface area contributed by atoms with Gasteiger partial charge in [-0.1, -0.05) is 58.6 Å². The Kier molecular flexibility index (Phi) is 21.4. The van der Waals surface area contributed by atoms with E-state index in [1.54, 1.807) is 86.8 Å². The van der Waals surface area contributed by atoms with Gasteiger partial charge < -0.3 is 45.0 Å². The summed E-state index contributed by atoms with van der Waals surface area (Å²) in [4.78, 5) is 66.2. The highest BCUT2D eigenvalue weighted by Gasteiger charge is 2.36. The molecule has 2 aromatic rings. The molecular formula is C45H68F2N4O10. The zero-order valence-corrected chi connectivity index (χ0v) is 37.6. The topological polar surface area (TPSA) is 180 Å². The first-order chi connectivity index (χ1) is 28.5. The largest absolute Gasteiger partial charge is 0.497 e. The standard InChI is InChI=1S/C45H68F2N4O10/c1-11-12-13-14-15-16-38(53)59-39(36(51-42(56)61-44(5,6)7)27-58-26-30-17-20-34(57-10)21-18-30)40(54)49-29-45(8,9)28-48-37(52)25-33(50-41(55)60-43(2,3)4)24-31-23-32(46)19-22-35(31)47/h17-23,33,36,39H,11-16,24-29H2,1-10H3,(H,48,52)(H,49,54)(H,50,55)(H,51,56). The molecule has 0 aliphatic heterocycles. The molecule has 0 spiro atoms. The van der Waals surface area contributed by atoms with Gasteiger partial charge in [-0.15, -0.1) is 0 Å². The number of benzene rings is 2. The predicted octanol–water partition coefficient (Wildman–Crippen LogP) is 7.44. The summed E-state index contributed by atoms with van der Waals surface area (Å²) >= 11 is 0. The molecule has 4 N–H and O–H groups in total. The maximum absolute atomic E-state index is 14.6. The van der Waals surface area contributed by atoms with E-state index in [-0.39, 0.29) is 51.1 Å². The Hall–Kier alpha value is -4.99. The van der Waals surface area contributed by atoms with Crippen molar-refractivity contribution in [3.8, 4) is 5.75 Å². The number of carbonyl (C=O) groups excluding carboxylic acids is 5. The number of amides is 4. The molecular weight excluding hydrogens is 795 g/mol. The third-order valence-electron chi connectivity index (χ3n) is 8.93. The monoisotopic (exact) mass is 862 g/mol. The molecule has 16 heteroatoms. The molecule has 0 saturated heterocycles. The second-order valence-electron chi connectivity index (χ2n) is 17.8. The van der Waals surface area contributed by atoms with Crippen molar-refractivity contribution in [1.82, 2.24) is 21.3 Å². The molecule has 0 aliphatic rings. The first-order valence-corrected chi connectivity index (χ1v) is 20.9. The Morgan fingerprint density at radius 3 is 1.97 bits per heavy atom. The number of ether oxygens (including phenoxy) is 5. The minimum absolute atomic E-state index is 0.0167. The molecule has 3 unspecified atom stereocenters. The van der Waals surface area contributed by atoms with Gasteiger partial charge in [0, 0.05) is 32.0 Å². The van der Waals surface area contributed by atoms with Crippen molar-refractivity contribution in [1.29, 1.82) is 0 Å². The average Bonchev–Trinajstić information content (AvgIpc) is 3.15. The molecule has 0 aromatic heterocycles. The van der Waals surface area contributed by atoms with Crippen molar-refractivity contribution in [2.24, 2.45) is 5.41 Å². The van der Waals surface area contributed by atoms with E-state index in [4.69, 9.17) is 23.7 Å². The smallest absolute Gasteiger partial charge is 0.408 e. The van der Waals surface area contributed by atoms with Crippen molar-refractivity contribution in [2.75, 3.05) is 26.8 Å². The van der Waals surface area contributed by atoms with E-state index in [1.807, 2.05) is 0 Å². The van der Waals surface area contributed by atoms with Gasteiger partial charge in [-0.3, -0.25) is 14.4 Å². The number of alkyl carbamates (subject to hydrolysis) is 2. The van der Waals surface area contributed by atoms with Gasteiger partial charge in [0.25, 0.3) is 5.91 Å². The summed E-state index contributed by atoms with van der Waals surface area (Å²) in [5.74, 6) is -2.57. The molecule has 0 fully saturated rings. The number of hydrogen-bond donors (Lipinski definition) is 4. The maximum atomic E-state index is 14.6. The molecule has 14 nitrogen and oxygen atoms in total. The van der Waals surface area contributed by atoms with Gasteiger partial charge in [-0.25, -0.2) is 18.4 Å². The fourth-order valence-electron chi connectivity index (χ4n) is 5.82. The van der Waals surface area contributed by atoms with Gasteiger partial charge in [0.15, 0.2) is 0 Å². The molecule has 4 amide bonds. The summed E-state index contributed by atoms with van der Waals surface area (Å²) in [6.07, 6.45) is 0.740. The lowest BCUT2D eigenvalue weighted by atomic mass is 9.93. The van der Waals surface area contributed by atoms with Gasteiger partial charge in [0.1, 0.15) is 34.6 Å². The van der Waals surface area contributed by atoms with Gasteiger partial charge in [0.2, 0.25) is 12.0 Å². The molecule has 0 radical (unpaired) electrons. The normalized spacial score (nSPS) is 13.2. The number of unbranched alkanes of at least 4 members (excludes halogenated alkanes) is 4. The third-order valence-corrected chi connectivity index (χ3v) is 8.93. The summed E-state index contributed by atoms with van der Waals surface area (Å²) in [6.45, 7) is 15.6. The zero-order valence-electron chi connectivity index (χ0n) is 37.6. The highest BCUT2D eigenvalue weighted by molar-refractivity contribution is 5.85. The van der Waals surface area contributed by atoms with Crippen LogP contribution in [0.5, 0.6) is 5.75 Å². The first-order valence-electron chi connectivity index (χ1n) is 20.9. The van der Waals surface area contributed by atoms with E-state index in [0.29, 0.717) is 12.2 Å². The molecule has 3 atom stereocenters. The Morgan fingerprint density at radius 1 is 0.754 bits per heavy atom. The summed E-state index contributed by atoms with van der Waals surface area (Å²) in [5, 5.41) is 10.9. The molecule has 0 saturated carbocycles. The van der Waals surface area contributed by atoms with Crippen LogP contribution in [-0.2, 0) is 46.4 Å². The SMILES string of the molecule is CCCCCCCC(=O)OC(C(=O)NCC(C)(C)CNC(=O)CC(Cc1cc(F)ccc1F)NC(=O)OC(C)(C)C)C(COCc1ccc(OC)cc1)NC(=O)OC(C)(C)C. The van der Waals surface area contributed by atoms with Crippen LogP contribution < -0.4 is 26.0 Å². The van der Waals surface area contributed by atoms with Crippen LogP contribution in [0.3, 0.4) is 0 Å². The number of methoxy groups -OCH3 is 1. The summed E-state index contributed by atoms with van der Waals surface area (Å²) in [5.41, 5.74) is -1.76. The van der Waals surface area contributed by atoms with Gasteiger partial charge in [0.05, 0.1) is 20.3 Å². The highest BCUT2D eigenvalue weighted by atomic mass is 19.1. The van der Waals surface area contributed by atoms with Crippen molar-refractivity contribution >= 4 is 30.0 Å². The lowest BCUT2D eigenvalue weighted by Crippen LogP contribution is -2.56. The van der Waals surface area contributed by atoms with Crippen molar-refractivity contribution in [3.63, 3.8) is 0 Å². The minimum Gasteiger partial charge on any atom is -0.497 e. The Bertz CT molecular complexity index is 1710. The second kappa shape index (κ2) is 25.1. The van der Waals surface area contributed by atoms with Crippen LogP contribution in [0.2, 0.25) is 0 Å². The number of nitrogens with one attached hydrogen (secondary N) is 4. The fourth-order valence-corrected chi connectivity index (χ4v) is 5.82. The second-order valence-corrected chi connectivity index (χ2v) is 17.8. The van der Waals surface area contributed by atoms with E-state index >= 15 is 0 Å². The zero-order chi connectivity index (χ0) is 45.8. The molecule has 0 heterocycles. The predicted molar refractivity (Wildman–Crippen MR) is 227 cm³/mol. The van der Waals surface area contributed by atoms with Crippen molar-refractivity contribution in [3.05, 3.63) is 65.2 Å². The van der Waals surface area contributed by atoms with E-state index in [2.05, 4.69) is 28.2 Å². The lowest BCUT2D eigenvalue weighted by Gasteiger charge is -2.30. The van der Waals surface area contributed by atoms with Crippen LogP contribution in [0.15, 0.2) is 42.5 Å². The van der Waals surface area contributed by atoms with Gasteiger partial charge in [-0.05, 0) is 101 Å².